The summed E-state index contributed by atoms with van der Waals surface area (Å²) in [5.74, 6) is 0.957. The third kappa shape index (κ3) is 4.41. The number of amides is 1. The van der Waals surface area contributed by atoms with Gasteiger partial charge in [-0.25, -0.2) is 4.68 Å². The maximum Gasteiger partial charge on any atom is 0.222 e. The molecular formula is C19H26N6O. The zero-order chi connectivity index (χ0) is 18.4. The fraction of sp³-hybridized carbons (Fsp3) is 0.421. The van der Waals surface area contributed by atoms with E-state index in [1.54, 1.807) is 7.05 Å². The van der Waals surface area contributed by atoms with E-state index in [1.807, 2.05) is 59.2 Å². The Morgan fingerprint density at radius 2 is 2.15 bits per heavy atom. The molecule has 1 saturated heterocycles. The number of aromatic nitrogens is 2. The zero-order valence-corrected chi connectivity index (χ0v) is 15.4. The number of carbonyl (C=O) groups excluding carboxylic acids is 1. The van der Waals surface area contributed by atoms with Crippen molar-refractivity contribution in [3.63, 3.8) is 0 Å². The molecule has 1 aliphatic rings. The largest absolute Gasteiger partial charge is 0.352 e. The highest BCUT2D eigenvalue weighted by Crippen LogP contribution is 2.11. The molecule has 0 bridgehead atoms. The molecule has 2 aromatic rings. The second-order valence-electron chi connectivity index (χ2n) is 6.38. The maximum atomic E-state index is 11.8. The molecule has 1 aromatic carbocycles. The normalized spacial score (nSPS) is 17.4. The summed E-state index contributed by atoms with van der Waals surface area (Å²) in [7, 11) is 1.76. The lowest BCUT2D eigenvalue weighted by molar-refractivity contribution is -0.129. The number of para-hydroxylation sites is 1. The van der Waals surface area contributed by atoms with E-state index in [0.29, 0.717) is 13.0 Å². The molecule has 138 valence electrons. The van der Waals surface area contributed by atoms with Gasteiger partial charge in [0.25, 0.3) is 0 Å². The topological polar surface area (TPSA) is 74.6 Å². The van der Waals surface area contributed by atoms with Crippen LogP contribution in [0.15, 0.2) is 47.7 Å². The second kappa shape index (κ2) is 8.51. The molecule has 7 nitrogen and oxygen atoms in total. The van der Waals surface area contributed by atoms with Gasteiger partial charge < -0.3 is 15.5 Å². The minimum Gasteiger partial charge on any atom is -0.352 e. The van der Waals surface area contributed by atoms with Crippen LogP contribution in [0.25, 0.3) is 5.69 Å². The highest BCUT2D eigenvalue weighted by molar-refractivity contribution is 5.80. The average Bonchev–Trinajstić information content (AvgIpc) is 3.35. The second-order valence-corrected chi connectivity index (χ2v) is 6.38. The van der Waals surface area contributed by atoms with Crippen LogP contribution in [0.3, 0.4) is 0 Å². The third-order valence-electron chi connectivity index (χ3n) is 4.52. The van der Waals surface area contributed by atoms with Crippen molar-refractivity contribution in [2.24, 2.45) is 4.99 Å². The van der Waals surface area contributed by atoms with Crippen molar-refractivity contribution in [2.45, 2.75) is 32.4 Å². The van der Waals surface area contributed by atoms with Crippen LogP contribution in [0.5, 0.6) is 0 Å². The number of hydrogen-bond acceptors (Lipinski definition) is 3. The van der Waals surface area contributed by atoms with E-state index >= 15 is 0 Å². The van der Waals surface area contributed by atoms with E-state index in [0.717, 1.165) is 36.7 Å². The summed E-state index contributed by atoms with van der Waals surface area (Å²) in [6.07, 6.45) is 5.36. The lowest BCUT2D eigenvalue weighted by Crippen LogP contribution is -2.44. The van der Waals surface area contributed by atoms with Crippen molar-refractivity contribution < 1.29 is 4.79 Å². The molecule has 0 spiro atoms. The molecule has 1 unspecified atom stereocenters. The summed E-state index contributed by atoms with van der Waals surface area (Å²) in [5, 5.41) is 11.1. The van der Waals surface area contributed by atoms with E-state index in [9.17, 15) is 4.79 Å². The molecule has 1 aliphatic heterocycles. The Morgan fingerprint density at radius 1 is 1.35 bits per heavy atom. The van der Waals surface area contributed by atoms with Gasteiger partial charge in [-0.05, 0) is 18.6 Å². The van der Waals surface area contributed by atoms with E-state index < -0.39 is 0 Å². The average molecular weight is 354 g/mol. The smallest absolute Gasteiger partial charge is 0.222 e. The molecule has 0 radical (unpaired) electrons. The van der Waals surface area contributed by atoms with Crippen LogP contribution in [-0.2, 0) is 11.3 Å². The highest BCUT2D eigenvalue weighted by Gasteiger charge is 2.25. The summed E-state index contributed by atoms with van der Waals surface area (Å²) in [6, 6.07) is 10.3. The van der Waals surface area contributed by atoms with Gasteiger partial charge in [0, 0.05) is 50.9 Å². The van der Waals surface area contributed by atoms with Crippen molar-refractivity contribution in [1.29, 1.82) is 0 Å². The Bertz CT molecular complexity index is 754. The molecule has 1 amide bonds. The SMILES string of the molecule is CCC(=O)N1CCC(NC(=NC)NCc2cnn(-c3ccccc3)c2)C1. The summed E-state index contributed by atoms with van der Waals surface area (Å²) in [6.45, 7) is 4.08. The Hall–Kier alpha value is -2.83. The van der Waals surface area contributed by atoms with Gasteiger partial charge in [0.2, 0.25) is 5.91 Å². The van der Waals surface area contributed by atoms with Crippen molar-refractivity contribution in [3.05, 3.63) is 48.3 Å². The zero-order valence-electron chi connectivity index (χ0n) is 15.4. The first kappa shape index (κ1) is 18.0. The van der Waals surface area contributed by atoms with Gasteiger partial charge in [0.1, 0.15) is 0 Å². The van der Waals surface area contributed by atoms with E-state index in [-0.39, 0.29) is 11.9 Å². The van der Waals surface area contributed by atoms with Gasteiger partial charge in [-0.2, -0.15) is 5.10 Å². The number of carbonyl (C=O) groups is 1. The van der Waals surface area contributed by atoms with Gasteiger partial charge in [0.15, 0.2) is 5.96 Å². The van der Waals surface area contributed by atoms with Crippen LogP contribution in [0.2, 0.25) is 0 Å². The molecule has 1 fully saturated rings. The Balaban J connectivity index is 1.51. The number of benzene rings is 1. The number of nitrogens with zero attached hydrogens (tertiary/aromatic N) is 4. The first-order valence-electron chi connectivity index (χ1n) is 9.03. The lowest BCUT2D eigenvalue weighted by Gasteiger charge is -2.18. The van der Waals surface area contributed by atoms with Crippen molar-refractivity contribution in [1.82, 2.24) is 25.3 Å². The Kier molecular flexibility index (Phi) is 5.88. The predicted molar refractivity (Wildman–Crippen MR) is 102 cm³/mol. The summed E-state index contributed by atoms with van der Waals surface area (Å²) in [4.78, 5) is 18.0. The molecule has 3 rings (SSSR count). The van der Waals surface area contributed by atoms with Crippen LogP contribution in [0.4, 0.5) is 0 Å². The number of likely N-dealkylation sites (tertiary alicyclic amines) is 1. The van der Waals surface area contributed by atoms with Gasteiger partial charge in [-0.15, -0.1) is 0 Å². The van der Waals surface area contributed by atoms with Crippen molar-refractivity contribution in [3.8, 4) is 5.69 Å². The highest BCUT2D eigenvalue weighted by atomic mass is 16.2. The Labute approximate surface area is 154 Å². The van der Waals surface area contributed by atoms with Crippen LogP contribution in [-0.4, -0.2) is 52.7 Å². The first-order valence-corrected chi connectivity index (χ1v) is 9.03. The molecule has 1 atom stereocenters. The quantitative estimate of drug-likeness (QED) is 0.631. The molecular weight excluding hydrogens is 328 g/mol. The fourth-order valence-corrected chi connectivity index (χ4v) is 3.08. The molecule has 2 heterocycles. The summed E-state index contributed by atoms with van der Waals surface area (Å²) < 4.78 is 1.86. The number of nitrogens with one attached hydrogen (secondary N) is 2. The van der Waals surface area contributed by atoms with Crippen LogP contribution in [0, 0.1) is 0 Å². The fourth-order valence-electron chi connectivity index (χ4n) is 3.08. The van der Waals surface area contributed by atoms with E-state index in [2.05, 4.69) is 20.7 Å². The summed E-state index contributed by atoms with van der Waals surface area (Å²) in [5.41, 5.74) is 2.11. The third-order valence-corrected chi connectivity index (χ3v) is 4.52. The van der Waals surface area contributed by atoms with E-state index in [4.69, 9.17) is 0 Å². The van der Waals surface area contributed by atoms with Gasteiger partial charge >= 0.3 is 0 Å². The molecule has 0 saturated carbocycles. The van der Waals surface area contributed by atoms with Crippen LogP contribution < -0.4 is 10.6 Å². The predicted octanol–water partition coefficient (Wildman–Crippen LogP) is 1.55. The van der Waals surface area contributed by atoms with Gasteiger partial charge in [0.05, 0.1) is 11.9 Å². The summed E-state index contributed by atoms with van der Waals surface area (Å²) >= 11 is 0. The molecule has 7 heteroatoms. The molecule has 2 N–H and O–H groups in total. The van der Waals surface area contributed by atoms with Crippen molar-refractivity contribution >= 4 is 11.9 Å². The minimum absolute atomic E-state index is 0.213. The van der Waals surface area contributed by atoms with Gasteiger partial charge in [-0.1, -0.05) is 25.1 Å². The number of rotatable bonds is 5. The van der Waals surface area contributed by atoms with Crippen LogP contribution in [0.1, 0.15) is 25.3 Å². The molecule has 0 aliphatic carbocycles. The monoisotopic (exact) mass is 354 g/mol. The number of hydrogen-bond donors (Lipinski definition) is 2. The first-order chi connectivity index (χ1) is 12.7. The maximum absolute atomic E-state index is 11.8. The van der Waals surface area contributed by atoms with Crippen molar-refractivity contribution in [2.75, 3.05) is 20.1 Å². The number of aliphatic imine (C=N–C) groups is 1. The lowest BCUT2D eigenvalue weighted by atomic mass is 10.3. The standard InChI is InChI=1S/C19H26N6O/c1-3-18(26)24-10-9-16(14-24)23-19(20-2)21-11-15-12-22-25(13-15)17-7-5-4-6-8-17/h4-8,12-13,16H,3,9-11,14H2,1-2H3,(H2,20,21,23). The minimum atomic E-state index is 0.213. The van der Waals surface area contributed by atoms with Crippen LogP contribution >= 0.6 is 0 Å². The number of guanidine groups is 1. The van der Waals surface area contributed by atoms with E-state index in [1.165, 1.54) is 0 Å². The molecule has 1 aromatic heterocycles. The Morgan fingerprint density at radius 3 is 2.88 bits per heavy atom. The van der Waals surface area contributed by atoms with Gasteiger partial charge in [-0.3, -0.25) is 9.79 Å². The molecule has 26 heavy (non-hydrogen) atoms.